The molecule has 0 unspecified atom stereocenters. The van der Waals surface area contributed by atoms with Gasteiger partial charge in [0.2, 0.25) is 11.8 Å². The van der Waals surface area contributed by atoms with Gasteiger partial charge in [-0.3, -0.25) is 19.3 Å². The molecule has 4 aliphatic rings. The monoisotopic (exact) mass is 489 g/mol. The van der Waals surface area contributed by atoms with Gasteiger partial charge in [-0.25, -0.2) is 4.90 Å². The molecule has 4 atom stereocenters. The number of carbonyl (C=O) groups is 3. The molecule has 4 heterocycles. The van der Waals surface area contributed by atoms with E-state index in [4.69, 9.17) is 34.8 Å². The topological polar surface area (TPSA) is 69.7 Å². The smallest absolute Gasteiger partial charge is 0.250 e. The van der Waals surface area contributed by atoms with Crippen LogP contribution in [0.2, 0.25) is 15.1 Å². The lowest BCUT2D eigenvalue weighted by Crippen LogP contribution is -2.54. The number of halogens is 3. The highest BCUT2D eigenvalue weighted by molar-refractivity contribution is 6.38. The van der Waals surface area contributed by atoms with E-state index < -0.39 is 23.3 Å². The molecule has 3 amide bonds. The molecule has 6 rings (SSSR count). The highest BCUT2D eigenvalue weighted by Crippen LogP contribution is 2.61. The van der Waals surface area contributed by atoms with Crippen LogP contribution in [0, 0.1) is 18.8 Å². The summed E-state index contributed by atoms with van der Waals surface area (Å²) in [7, 11) is 0. The van der Waals surface area contributed by atoms with Crippen molar-refractivity contribution >= 4 is 63.9 Å². The summed E-state index contributed by atoms with van der Waals surface area (Å²) >= 11 is 19.0. The molecular formula is C23H18Cl3N3O3. The number of aryl methyl sites for hydroxylation is 1. The van der Waals surface area contributed by atoms with Crippen LogP contribution in [-0.2, 0) is 19.9 Å². The molecule has 4 aliphatic heterocycles. The van der Waals surface area contributed by atoms with Crippen molar-refractivity contribution in [3.63, 3.8) is 0 Å². The maximum absolute atomic E-state index is 13.9. The van der Waals surface area contributed by atoms with Crippen molar-refractivity contribution in [2.75, 3.05) is 16.8 Å². The fraction of sp³-hybridized carbons (Fsp3) is 0.348. The average molecular weight is 491 g/mol. The predicted octanol–water partition coefficient (Wildman–Crippen LogP) is 4.39. The number of benzene rings is 2. The van der Waals surface area contributed by atoms with Crippen LogP contribution in [0.1, 0.15) is 24.0 Å². The summed E-state index contributed by atoms with van der Waals surface area (Å²) in [6.07, 6.45) is 1.58. The molecule has 0 bridgehead atoms. The summed E-state index contributed by atoms with van der Waals surface area (Å²) in [5, 5.41) is 3.97. The number of nitrogens with zero attached hydrogens (tertiary/aromatic N) is 2. The van der Waals surface area contributed by atoms with Crippen LogP contribution < -0.4 is 10.2 Å². The molecular weight excluding hydrogens is 473 g/mol. The maximum atomic E-state index is 13.9. The van der Waals surface area contributed by atoms with Gasteiger partial charge in [-0.05, 0) is 56.1 Å². The lowest BCUT2D eigenvalue weighted by molar-refractivity contribution is -0.135. The molecule has 2 aromatic carbocycles. The van der Waals surface area contributed by atoms with E-state index in [1.54, 1.807) is 18.2 Å². The van der Waals surface area contributed by atoms with Gasteiger partial charge in [-0.1, -0.05) is 40.9 Å². The van der Waals surface area contributed by atoms with Gasteiger partial charge in [-0.2, -0.15) is 0 Å². The molecule has 3 fully saturated rings. The first-order valence-electron chi connectivity index (χ1n) is 10.5. The van der Waals surface area contributed by atoms with E-state index >= 15 is 0 Å². The van der Waals surface area contributed by atoms with Crippen molar-refractivity contribution in [1.29, 1.82) is 0 Å². The van der Waals surface area contributed by atoms with Crippen molar-refractivity contribution in [2.24, 2.45) is 11.8 Å². The van der Waals surface area contributed by atoms with E-state index in [2.05, 4.69) is 10.2 Å². The van der Waals surface area contributed by atoms with Crippen LogP contribution in [0.5, 0.6) is 0 Å². The SMILES string of the molecule is Cc1cc(Cl)c2c(c1)[C@]1(C(=O)N2)[C@@H]2C(=O)N(c3cc(Cl)ccc3Cl)C(=O)[C@H]2[C@H]2CCCN21. The Labute approximate surface area is 199 Å². The first-order chi connectivity index (χ1) is 15.3. The van der Waals surface area contributed by atoms with Crippen LogP contribution in [0.25, 0.3) is 0 Å². The predicted molar refractivity (Wildman–Crippen MR) is 122 cm³/mol. The van der Waals surface area contributed by atoms with Crippen molar-refractivity contribution in [3.8, 4) is 0 Å². The fourth-order valence-corrected chi connectivity index (χ4v) is 6.98. The molecule has 1 N–H and O–H groups in total. The first kappa shape index (κ1) is 20.5. The van der Waals surface area contributed by atoms with E-state index in [0.29, 0.717) is 27.8 Å². The Morgan fingerprint density at radius 1 is 1.03 bits per heavy atom. The van der Waals surface area contributed by atoms with Crippen molar-refractivity contribution in [2.45, 2.75) is 31.3 Å². The zero-order valence-electron chi connectivity index (χ0n) is 17.0. The van der Waals surface area contributed by atoms with E-state index in [-0.39, 0.29) is 28.6 Å². The molecule has 9 heteroatoms. The van der Waals surface area contributed by atoms with E-state index in [1.165, 1.54) is 6.07 Å². The minimum atomic E-state index is -1.27. The van der Waals surface area contributed by atoms with Gasteiger partial charge in [-0.15, -0.1) is 0 Å². The molecule has 2 aromatic rings. The number of rotatable bonds is 1. The molecule has 32 heavy (non-hydrogen) atoms. The quantitative estimate of drug-likeness (QED) is 0.602. The molecule has 0 aromatic heterocycles. The first-order valence-corrected chi connectivity index (χ1v) is 11.6. The third kappa shape index (κ3) is 2.34. The highest BCUT2D eigenvalue weighted by atomic mass is 35.5. The number of nitrogens with one attached hydrogen (secondary N) is 1. The second-order valence-electron chi connectivity index (χ2n) is 8.90. The normalized spacial score (nSPS) is 30.8. The number of anilines is 2. The van der Waals surface area contributed by atoms with E-state index in [0.717, 1.165) is 23.3 Å². The van der Waals surface area contributed by atoms with Gasteiger partial charge >= 0.3 is 0 Å². The molecule has 6 nitrogen and oxygen atoms in total. The zero-order chi connectivity index (χ0) is 22.5. The second-order valence-corrected chi connectivity index (χ2v) is 10.2. The highest BCUT2D eigenvalue weighted by Gasteiger charge is 2.74. The van der Waals surface area contributed by atoms with Crippen LogP contribution >= 0.6 is 34.8 Å². The number of amides is 3. The number of carbonyl (C=O) groups excluding carboxylic acids is 3. The summed E-state index contributed by atoms with van der Waals surface area (Å²) in [5.41, 5.74) is 1.06. The average Bonchev–Trinajstić information content (AvgIpc) is 3.43. The Kier molecular flexibility index (Phi) is 4.29. The number of hydrogen-bond donors (Lipinski definition) is 1. The van der Waals surface area contributed by atoms with Gasteiger partial charge in [0, 0.05) is 16.6 Å². The standard InChI is InChI=1S/C23H18Cl3N3O3/c1-10-7-12-19(14(26)8-10)27-22(32)23(12)18-17(15-3-2-6-28(15)23)20(30)29(21(18)31)16-9-11(24)4-5-13(16)25/h4-5,7-9,15,17-18H,2-3,6H2,1H3,(H,27,32)/t15-,17+,18+,23-/m1/s1. The van der Waals surface area contributed by atoms with E-state index in [9.17, 15) is 14.4 Å². The Morgan fingerprint density at radius 2 is 1.81 bits per heavy atom. The van der Waals surface area contributed by atoms with Gasteiger partial charge in [0.25, 0.3) is 5.91 Å². The fourth-order valence-electron chi connectivity index (χ4n) is 6.29. The van der Waals surface area contributed by atoms with Crippen LogP contribution in [0.3, 0.4) is 0 Å². The summed E-state index contributed by atoms with van der Waals surface area (Å²) in [6.45, 7) is 2.53. The van der Waals surface area contributed by atoms with Crippen molar-refractivity contribution in [1.82, 2.24) is 4.90 Å². The van der Waals surface area contributed by atoms with Gasteiger partial charge in [0.15, 0.2) is 0 Å². The Bertz CT molecular complexity index is 1250. The van der Waals surface area contributed by atoms with Crippen molar-refractivity contribution < 1.29 is 14.4 Å². The Morgan fingerprint density at radius 3 is 2.59 bits per heavy atom. The second kappa shape index (κ2) is 6.70. The molecule has 0 saturated carbocycles. The number of fused-ring (bicyclic) bond motifs is 7. The summed E-state index contributed by atoms with van der Waals surface area (Å²) in [4.78, 5) is 44.5. The Hall–Kier alpha value is -2.12. The molecule has 0 aliphatic carbocycles. The number of hydrogen-bond acceptors (Lipinski definition) is 4. The van der Waals surface area contributed by atoms with Gasteiger partial charge in [0.05, 0.1) is 33.3 Å². The van der Waals surface area contributed by atoms with Crippen LogP contribution in [-0.4, -0.2) is 35.2 Å². The van der Waals surface area contributed by atoms with Crippen LogP contribution in [0.15, 0.2) is 30.3 Å². The third-order valence-electron chi connectivity index (χ3n) is 7.35. The third-order valence-corrected chi connectivity index (χ3v) is 8.20. The zero-order valence-corrected chi connectivity index (χ0v) is 19.3. The molecule has 1 spiro atoms. The van der Waals surface area contributed by atoms with Crippen molar-refractivity contribution in [3.05, 3.63) is 56.5 Å². The number of imide groups is 1. The summed E-state index contributed by atoms with van der Waals surface area (Å²) < 4.78 is 0. The molecule has 0 radical (unpaired) electrons. The molecule has 164 valence electrons. The molecule has 3 saturated heterocycles. The largest absolute Gasteiger partial charge is 0.323 e. The minimum absolute atomic E-state index is 0.213. The summed E-state index contributed by atoms with van der Waals surface area (Å²) in [5.74, 6) is -2.58. The maximum Gasteiger partial charge on any atom is 0.250 e. The van der Waals surface area contributed by atoms with Crippen LogP contribution in [0.4, 0.5) is 11.4 Å². The van der Waals surface area contributed by atoms with E-state index in [1.807, 2.05) is 13.0 Å². The minimum Gasteiger partial charge on any atom is -0.323 e. The van der Waals surface area contributed by atoms with Gasteiger partial charge in [0.1, 0.15) is 5.54 Å². The van der Waals surface area contributed by atoms with Gasteiger partial charge < -0.3 is 5.32 Å². The Balaban J connectivity index is 1.59. The lowest BCUT2D eigenvalue weighted by Gasteiger charge is -2.36. The lowest BCUT2D eigenvalue weighted by atomic mass is 9.75. The summed E-state index contributed by atoms with van der Waals surface area (Å²) in [6, 6.07) is 8.16.